The Morgan fingerprint density at radius 1 is 0.906 bits per heavy atom. The second-order valence-corrected chi connectivity index (χ2v) is 9.16. The fourth-order valence-corrected chi connectivity index (χ4v) is 4.94. The molecule has 0 atom stereocenters. The first-order chi connectivity index (χ1) is 15.5. The molecule has 5 nitrogen and oxygen atoms in total. The quantitative estimate of drug-likeness (QED) is 0.543. The molecule has 1 saturated heterocycles. The van der Waals surface area contributed by atoms with E-state index in [-0.39, 0.29) is 0 Å². The monoisotopic (exact) mass is 426 g/mol. The zero-order chi connectivity index (χ0) is 22.2. The van der Waals surface area contributed by atoms with Crippen molar-refractivity contribution in [1.29, 1.82) is 0 Å². The topological polar surface area (TPSA) is 37.9 Å². The Bertz CT molecular complexity index is 1250. The molecule has 5 heteroatoms. The molecule has 0 aliphatic carbocycles. The van der Waals surface area contributed by atoms with E-state index in [4.69, 9.17) is 10.1 Å². The molecule has 164 valence electrons. The largest absolute Gasteiger partial charge is 0.345 e. The number of quaternary nitrogens is 1. The second kappa shape index (κ2) is 8.40. The summed E-state index contributed by atoms with van der Waals surface area (Å²) >= 11 is 0. The van der Waals surface area contributed by atoms with Crippen molar-refractivity contribution in [3.05, 3.63) is 82.7 Å². The zero-order valence-corrected chi connectivity index (χ0v) is 19.5. The highest BCUT2D eigenvalue weighted by Gasteiger charge is 2.24. The standard InChI is InChI=1S/C27H31N5/c1-19-10-11-24(20(2)16-19)18-30-12-14-31(15-13-30)25-17-21(3)28-27-26(22(4)29-32(25)27)23-8-6-5-7-9-23/h5-11,16-17H,12-15,18H2,1-4H3/p+1. The van der Waals surface area contributed by atoms with Crippen LogP contribution in [0.25, 0.3) is 16.8 Å². The molecule has 32 heavy (non-hydrogen) atoms. The van der Waals surface area contributed by atoms with Crippen molar-refractivity contribution in [2.75, 3.05) is 31.1 Å². The van der Waals surface area contributed by atoms with Gasteiger partial charge in [0.1, 0.15) is 12.4 Å². The number of hydrogen-bond acceptors (Lipinski definition) is 3. The first-order valence-electron chi connectivity index (χ1n) is 11.6. The third-order valence-electron chi connectivity index (χ3n) is 6.67. The van der Waals surface area contributed by atoms with Crippen LogP contribution in [0.4, 0.5) is 5.82 Å². The second-order valence-electron chi connectivity index (χ2n) is 9.16. The molecule has 2 aromatic carbocycles. The molecule has 0 radical (unpaired) electrons. The molecule has 0 spiro atoms. The highest BCUT2D eigenvalue weighted by molar-refractivity contribution is 5.81. The Kier molecular flexibility index (Phi) is 5.43. The molecular formula is C27H32N5+. The van der Waals surface area contributed by atoms with Gasteiger partial charge >= 0.3 is 0 Å². The van der Waals surface area contributed by atoms with Crippen molar-refractivity contribution in [3.63, 3.8) is 0 Å². The van der Waals surface area contributed by atoms with E-state index in [1.165, 1.54) is 22.3 Å². The van der Waals surface area contributed by atoms with Crippen molar-refractivity contribution < 1.29 is 4.90 Å². The lowest BCUT2D eigenvalue weighted by atomic mass is 10.1. The fourth-order valence-electron chi connectivity index (χ4n) is 4.94. The van der Waals surface area contributed by atoms with Gasteiger partial charge in [-0.1, -0.05) is 54.1 Å². The molecule has 0 amide bonds. The van der Waals surface area contributed by atoms with Crippen LogP contribution in [-0.4, -0.2) is 40.8 Å². The fraction of sp³-hybridized carbons (Fsp3) is 0.333. The van der Waals surface area contributed by atoms with Gasteiger partial charge in [0.15, 0.2) is 5.65 Å². The summed E-state index contributed by atoms with van der Waals surface area (Å²) < 4.78 is 2.06. The molecule has 1 N–H and O–H groups in total. The van der Waals surface area contributed by atoms with Crippen molar-refractivity contribution >= 4 is 11.5 Å². The maximum atomic E-state index is 4.92. The summed E-state index contributed by atoms with van der Waals surface area (Å²) in [4.78, 5) is 9.01. The number of rotatable bonds is 4. The van der Waals surface area contributed by atoms with Crippen LogP contribution in [0, 0.1) is 27.7 Å². The summed E-state index contributed by atoms with van der Waals surface area (Å²) in [6.45, 7) is 14.0. The molecule has 5 rings (SSSR count). The van der Waals surface area contributed by atoms with E-state index >= 15 is 0 Å². The van der Waals surface area contributed by atoms with Gasteiger partial charge in [0.2, 0.25) is 0 Å². The third-order valence-corrected chi connectivity index (χ3v) is 6.67. The average molecular weight is 427 g/mol. The number of hydrogen-bond donors (Lipinski definition) is 1. The molecular weight excluding hydrogens is 394 g/mol. The summed E-state index contributed by atoms with van der Waals surface area (Å²) in [6, 6.07) is 19.5. The summed E-state index contributed by atoms with van der Waals surface area (Å²) in [5.74, 6) is 1.16. The summed E-state index contributed by atoms with van der Waals surface area (Å²) in [7, 11) is 0. The number of anilines is 1. The van der Waals surface area contributed by atoms with Gasteiger partial charge in [-0.15, -0.1) is 0 Å². The normalized spacial score (nSPS) is 14.9. The Morgan fingerprint density at radius 2 is 1.66 bits per heavy atom. The van der Waals surface area contributed by atoms with Crippen LogP contribution in [0.3, 0.4) is 0 Å². The number of piperazine rings is 1. The minimum Gasteiger partial charge on any atom is -0.345 e. The highest BCUT2D eigenvalue weighted by atomic mass is 15.4. The van der Waals surface area contributed by atoms with E-state index in [9.17, 15) is 0 Å². The van der Waals surface area contributed by atoms with E-state index in [0.717, 1.165) is 61.1 Å². The van der Waals surface area contributed by atoms with Crippen LogP contribution in [0.5, 0.6) is 0 Å². The summed E-state index contributed by atoms with van der Waals surface area (Å²) in [5, 5.41) is 4.92. The van der Waals surface area contributed by atoms with Crippen LogP contribution in [0.2, 0.25) is 0 Å². The van der Waals surface area contributed by atoms with Crippen LogP contribution in [0.1, 0.15) is 28.1 Å². The molecule has 1 fully saturated rings. The number of nitrogens with one attached hydrogen (secondary N) is 1. The van der Waals surface area contributed by atoms with Gasteiger partial charge in [-0.2, -0.15) is 9.61 Å². The van der Waals surface area contributed by atoms with Crippen molar-refractivity contribution in [1.82, 2.24) is 14.6 Å². The SMILES string of the molecule is Cc1ccc(C[NH+]2CCN(c3cc(C)nc4c(-c5ccccc5)c(C)nn34)CC2)c(C)c1. The third kappa shape index (κ3) is 3.89. The van der Waals surface area contributed by atoms with Crippen LogP contribution in [0.15, 0.2) is 54.6 Å². The number of aryl methyl sites for hydroxylation is 4. The Hall–Kier alpha value is -3.18. The van der Waals surface area contributed by atoms with Gasteiger partial charge in [-0.05, 0) is 38.8 Å². The lowest BCUT2D eigenvalue weighted by Crippen LogP contribution is -3.13. The lowest BCUT2D eigenvalue weighted by Gasteiger charge is -2.34. The first-order valence-corrected chi connectivity index (χ1v) is 11.6. The van der Waals surface area contributed by atoms with E-state index in [2.05, 4.69) is 91.7 Å². The van der Waals surface area contributed by atoms with E-state index < -0.39 is 0 Å². The summed E-state index contributed by atoms with van der Waals surface area (Å²) in [6.07, 6.45) is 0. The van der Waals surface area contributed by atoms with Gasteiger partial charge in [-0.3, -0.25) is 0 Å². The van der Waals surface area contributed by atoms with Crippen molar-refractivity contribution in [3.8, 4) is 11.1 Å². The predicted molar refractivity (Wildman–Crippen MR) is 130 cm³/mol. The molecule has 3 heterocycles. The number of fused-ring (bicyclic) bond motifs is 1. The molecule has 1 aliphatic heterocycles. The Balaban J connectivity index is 1.40. The molecule has 4 aromatic rings. The molecule has 2 aromatic heterocycles. The van der Waals surface area contributed by atoms with Crippen molar-refractivity contribution in [2.45, 2.75) is 34.2 Å². The minimum atomic E-state index is 0.953. The molecule has 1 aliphatic rings. The summed E-state index contributed by atoms with van der Waals surface area (Å²) in [5.41, 5.74) is 9.54. The van der Waals surface area contributed by atoms with Crippen LogP contribution >= 0.6 is 0 Å². The smallest absolute Gasteiger partial charge is 0.165 e. The highest BCUT2D eigenvalue weighted by Crippen LogP contribution is 2.30. The maximum absolute atomic E-state index is 4.92. The predicted octanol–water partition coefficient (Wildman–Crippen LogP) is 3.54. The van der Waals surface area contributed by atoms with Crippen LogP contribution in [-0.2, 0) is 6.54 Å². The average Bonchev–Trinajstić information content (AvgIpc) is 3.12. The Labute approximate surface area is 190 Å². The first kappa shape index (κ1) is 20.7. The van der Waals surface area contributed by atoms with E-state index in [0.29, 0.717) is 0 Å². The minimum absolute atomic E-state index is 0.953. The van der Waals surface area contributed by atoms with Gasteiger partial charge in [0.05, 0.1) is 31.9 Å². The Morgan fingerprint density at radius 3 is 2.38 bits per heavy atom. The van der Waals surface area contributed by atoms with Gasteiger partial charge in [-0.25, -0.2) is 4.98 Å². The zero-order valence-electron chi connectivity index (χ0n) is 19.5. The molecule has 0 saturated carbocycles. The maximum Gasteiger partial charge on any atom is 0.165 e. The van der Waals surface area contributed by atoms with Crippen molar-refractivity contribution in [2.24, 2.45) is 0 Å². The van der Waals surface area contributed by atoms with Gasteiger partial charge in [0, 0.05) is 22.9 Å². The molecule has 0 unspecified atom stereocenters. The number of nitrogens with zero attached hydrogens (tertiary/aromatic N) is 4. The lowest BCUT2D eigenvalue weighted by molar-refractivity contribution is -0.914. The number of aromatic nitrogens is 3. The van der Waals surface area contributed by atoms with E-state index in [1.807, 2.05) is 0 Å². The van der Waals surface area contributed by atoms with Gasteiger partial charge in [0.25, 0.3) is 0 Å². The number of benzene rings is 2. The van der Waals surface area contributed by atoms with Crippen LogP contribution < -0.4 is 9.80 Å². The van der Waals surface area contributed by atoms with Gasteiger partial charge < -0.3 is 9.80 Å². The van der Waals surface area contributed by atoms with E-state index in [1.54, 1.807) is 4.90 Å². The molecule has 0 bridgehead atoms.